The molecule has 0 radical (unpaired) electrons. The third kappa shape index (κ3) is 3.59. The van der Waals surface area contributed by atoms with Gasteiger partial charge in [0.25, 0.3) is 5.89 Å². The minimum absolute atomic E-state index is 0.155. The second-order valence-electron chi connectivity index (χ2n) is 5.47. The van der Waals surface area contributed by atoms with Gasteiger partial charge in [0.15, 0.2) is 11.4 Å². The molecule has 0 amide bonds. The van der Waals surface area contributed by atoms with E-state index in [1.54, 1.807) is 12.1 Å². The number of aromatic nitrogens is 3. The molecule has 2 rings (SSSR count). The van der Waals surface area contributed by atoms with Crippen molar-refractivity contribution in [3.05, 3.63) is 24.2 Å². The number of pyridine rings is 1. The van der Waals surface area contributed by atoms with Gasteiger partial charge in [0.1, 0.15) is 5.82 Å². The van der Waals surface area contributed by atoms with Crippen LogP contribution < -0.4 is 5.32 Å². The largest absolute Gasteiger partial charge is 0.479 e. The van der Waals surface area contributed by atoms with E-state index in [4.69, 9.17) is 9.63 Å². The second kappa shape index (κ2) is 6.10. The average Bonchev–Trinajstić information content (AvgIpc) is 2.95. The van der Waals surface area contributed by atoms with Gasteiger partial charge in [0.05, 0.1) is 6.54 Å². The van der Waals surface area contributed by atoms with Gasteiger partial charge in [-0.2, -0.15) is 4.98 Å². The van der Waals surface area contributed by atoms with Crippen molar-refractivity contribution in [2.75, 3.05) is 11.9 Å². The van der Waals surface area contributed by atoms with Crippen LogP contribution in [0.1, 0.15) is 32.5 Å². The lowest BCUT2D eigenvalue weighted by Crippen LogP contribution is -2.41. The Morgan fingerprint density at radius 2 is 2.23 bits per heavy atom. The first-order valence-corrected chi connectivity index (χ1v) is 6.79. The summed E-state index contributed by atoms with van der Waals surface area (Å²) >= 11 is 0. The van der Waals surface area contributed by atoms with Gasteiger partial charge in [0, 0.05) is 17.7 Å². The number of hydrogen-bond acceptors (Lipinski definition) is 7. The zero-order valence-corrected chi connectivity index (χ0v) is 12.6. The van der Waals surface area contributed by atoms with E-state index >= 15 is 0 Å². The van der Waals surface area contributed by atoms with Crippen LogP contribution in [0.3, 0.4) is 0 Å². The molecule has 0 fully saturated rings. The normalized spacial score (nSPS) is 13.9. The Morgan fingerprint density at radius 1 is 1.50 bits per heavy atom. The zero-order chi connectivity index (χ0) is 16.3. The molecule has 8 heteroatoms. The van der Waals surface area contributed by atoms with Crippen LogP contribution in [0.4, 0.5) is 5.82 Å². The number of hydrogen-bond donors (Lipinski definition) is 3. The van der Waals surface area contributed by atoms with E-state index < -0.39 is 11.6 Å². The molecule has 2 aromatic heterocycles. The van der Waals surface area contributed by atoms with Crippen LogP contribution >= 0.6 is 0 Å². The molecular weight excluding hydrogens is 288 g/mol. The van der Waals surface area contributed by atoms with Gasteiger partial charge in [-0.05, 0) is 19.1 Å². The summed E-state index contributed by atoms with van der Waals surface area (Å²) < 4.78 is 5.19. The van der Waals surface area contributed by atoms with Crippen LogP contribution in [-0.2, 0) is 4.79 Å². The van der Waals surface area contributed by atoms with E-state index in [1.807, 2.05) is 13.8 Å². The Labute approximate surface area is 127 Å². The van der Waals surface area contributed by atoms with Crippen molar-refractivity contribution in [2.24, 2.45) is 0 Å². The fourth-order valence-electron chi connectivity index (χ4n) is 1.59. The number of nitrogens with one attached hydrogen (secondary N) is 1. The summed E-state index contributed by atoms with van der Waals surface area (Å²) in [6.07, 6.45) is 1.53. The van der Waals surface area contributed by atoms with Gasteiger partial charge in [-0.25, -0.2) is 9.78 Å². The SMILES string of the molecule is CC(C)c1noc(-c2ccnc(NCC(C)(O)C(=O)O)c2)n1. The molecule has 118 valence electrons. The summed E-state index contributed by atoms with van der Waals surface area (Å²) in [7, 11) is 0. The monoisotopic (exact) mass is 306 g/mol. The first kappa shape index (κ1) is 15.9. The summed E-state index contributed by atoms with van der Waals surface area (Å²) in [5, 5.41) is 25.2. The topological polar surface area (TPSA) is 121 Å². The Balaban J connectivity index is 2.14. The third-order valence-corrected chi connectivity index (χ3v) is 3.04. The number of aliphatic carboxylic acids is 1. The lowest BCUT2D eigenvalue weighted by molar-refractivity contribution is -0.155. The highest BCUT2D eigenvalue weighted by Gasteiger charge is 2.29. The zero-order valence-electron chi connectivity index (χ0n) is 12.6. The van der Waals surface area contributed by atoms with E-state index in [1.165, 1.54) is 13.1 Å². The molecule has 0 aliphatic carbocycles. The number of nitrogens with zero attached hydrogens (tertiary/aromatic N) is 3. The van der Waals surface area contributed by atoms with Crippen LogP contribution in [0.2, 0.25) is 0 Å². The Hall–Kier alpha value is -2.48. The number of carbonyl (C=O) groups is 1. The van der Waals surface area contributed by atoms with Gasteiger partial charge in [-0.1, -0.05) is 19.0 Å². The molecule has 0 saturated heterocycles. The van der Waals surface area contributed by atoms with E-state index in [9.17, 15) is 9.90 Å². The average molecular weight is 306 g/mol. The maximum Gasteiger partial charge on any atom is 0.337 e. The van der Waals surface area contributed by atoms with Crippen LogP contribution in [0.5, 0.6) is 0 Å². The van der Waals surface area contributed by atoms with E-state index in [0.717, 1.165) is 0 Å². The minimum Gasteiger partial charge on any atom is -0.479 e. The predicted octanol–water partition coefficient (Wildman–Crippen LogP) is 1.50. The molecule has 0 aliphatic heterocycles. The van der Waals surface area contributed by atoms with Crippen molar-refractivity contribution < 1.29 is 19.5 Å². The molecule has 3 N–H and O–H groups in total. The van der Waals surface area contributed by atoms with Gasteiger partial charge in [-0.3, -0.25) is 0 Å². The summed E-state index contributed by atoms with van der Waals surface area (Å²) in [6, 6.07) is 3.35. The van der Waals surface area contributed by atoms with Crippen LogP contribution in [0.15, 0.2) is 22.9 Å². The standard InChI is InChI=1S/C14H18N4O4/c1-8(2)11-17-12(22-18-11)9-4-5-15-10(6-9)16-7-14(3,21)13(19)20/h4-6,8,21H,7H2,1-3H3,(H,15,16)(H,19,20). The lowest BCUT2D eigenvalue weighted by Gasteiger charge is -2.18. The van der Waals surface area contributed by atoms with E-state index in [0.29, 0.717) is 23.1 Å². The van der Waals surface area contributed by atoms with Crippen LogP contribution in [0.25, 0.3) is 11.5 Å². The molecule has 0 spiro atoms. The van der Waals surface area contributed by atoms with E-state index in [-0.39, 0.29) is 12.5 Å². The summed E-state index contributed by atoms with van der Waals surface area (Å²) in [5.74, 6) is 0.217. The Bertz CT molecular complexity index is 666. The highest BCUT2D eigenvalue weighted by atomic mass is 16.5. The molecule has 2 aromatic rings. The molecule has 1 atom stereocenters. The summed E-state index contributed by atoms with van der Waals surface area (Å²) in [4.78, 5) is 19.2. The fraction of sp³-hybridized carbons (Fsp3) is 0.429. The highest BCUT2D eigenvalue weighted by Crippen LogP contribution is 2.21. The fourth-order valence-corrected chi connectivity index (χ4v) is 1.59. The molecule has 0 bridgehead atoms. The molecule has 0 saturated carbocycles. The van der Waals surface area contributed by atoms with E-state index in [2.05, 4.69) is 20.4 Å². The Kier molecular flexibility index (Phi) is 4.41. The van der Waals surface area contributed by atoms with Crippen molar-refractivity contribution in [2.45, 2.75) is 32.3 Å². The van der Waals surface area contributed by atoms with Gasteiger partial charge in [0.2, 0.25) is 0 Å². The molecule has 2 heterocycles. The molecule has 0 aromatic carbocycles. The van der Waals surface area contributed by atoms with Crippen molar-refractivity contribution in [3.8, 4) is 11.5 Å². The molecule has 22 heavy (non-hydrogen) atoms. The maximum atomic E-state index is 10.9. The quantitative estimate of drug-likeness (QED) is 0.734. The van der Waals surface area contributed by atoms with Crippen molar-refractivity contribution in [3.63, 3.8) is 0 Å². The smallest absolute Gasteiger partial charge is 0.337 e. The van der Waals surface area contributed by atoms with Crippen molar-refractivity contribution in [1.82, 2.24) is 15.1 Å². The Morgan fingerprint density at radius 3 is 2.82 bits per heavy atom. The first-order valence-electron chi connectivity index (χ1n) is 6.79. The maximum absolute atomic E-state index is 10.9. The molecule has 1 unspecified atom stereocenters. The minimum atomic E-state index is -1.88. The summed E-state index contributed by atoms with van der Waals surface area (Å²) in [5.41, 5.74) is -1.22. The number of carboxylic acids is 1. The molecule has 0 aliphatic rings. The predicted molar refractivity (Wildman–Crippen MR) is 78.4 cm³/mol. The van der Waals surface area contributed by atoms with Gasteiger partial charge < -0.3 is 20.1 Å². The van der Waals surface area contributed by atoms with Crippen molar-refractivity contribution in [1.29, 1.82) is 0 Å². The number of rotatable bonds is 6. The lowest BCUT2D eigenvalue weighted by atomic mass is 10.1. The highest BCUT2D eigenvalue weighted by molar-refractivity contribution is 5.77. The van der Waals surface area contributed by atoms with Gasteiger partial charge in [-0.15, -0.1) is 0 Å². The van der Waals surface area contributed by atoms with Gasteiger partial charge >= 0.3 is 5.97 Å². The number of anilines is 1. The van der Waals surface area contributed by atoms with Crippen LogP contribution in [0, 0.1) is 0 Å². The third-order valence-electron chi connectivity index (χ3n) is 3.04. The number of carboxylic acid groups (broad SMARTS) is 1. The number of aliphatic hydroxyl groups is 1. The second-order valence-corrected chi connectivity index (χ2v) is 5.47. The van der Waals surface area contributed by atoms with Crippen molar-refractivity contribution >= 4 is 11.8 Å². The molecular formula is C14H18N4O4. The molecule has 8 nitrogen and oxygen atoms in total. The first-order chi connectivity index (χ1) is 10.3. The summed E-state index contributed by atoms with van der Waals surface area (Å²) in [6.45, 7) is 4.95. The van der Waals surface area contributed by atoms with Crippen LogP contribution in [-0.4, -0.2) is 43.5 Å².